The third-order valence-electron chi connectivity index (χ3n) is 5.79. The number of anilines is 2. The van der Waals surface area contributed by atoms with Gasteiger partial charge in [0.15, 0.2) is 5.13 Å². The predicted molar refractivity (Wildman–Crippen MR) is 125 cm³/mol. The van der Waals surface area contributed by atoms with E-state index in [-0.39, 0.29) is 30.2 Å². The quantitative estimate of drug-likeness (QED) is 0.599. The minimum absolute atomic E-state index is 0.0592. The zero-order chi connectivity index (χ0) is 23.2. The monoisotopic (exact) mass is 477 g/mol. The molecule has 2 amide bonds. The fourth-order valence-corrected chi connectivity index (χ4v) is 5.41. The minimum Gasteiger partial charge on any atom is -0.368 e. The van der Waals surface area contributed by atoms with E-state index in [1.807, 2.05) is 17.9 Å². The molecule has 4 rings (SSSR count). The van der Waals surface area contributed by atoms with Crippen LogP contribution < -0.4 is 10.6 Å². The lowest BCUT2D eigenvalue weighted by Crippen LogP contribution is -2.35. The molecule has 0 saturated heterocycles. The van der Waals surface area contributed by atoms with E-state index in [0.717, 1.165) is 29.0 Å². The Labute approximate surface area is 191 Å². The van der Waals surface area contributed by atoms with Crippen molar-refractivity contribution in [2.45, 2.75) is 46.2 Å². The summed E-state index contributed by atoms with van der Waals surface area (Å²) in [7, 11) is -3.16. The molecule has 11 heteroatoms. The van der Waals surface area contributed by atoms with E-state index in [1.165, 1.54) is 24.5 Å². The summed E-state index contributed by atoms with van der Waals surface area (Å²) in [4.78, 5) is 36.5. The standard InChI is InChI=1S/C21H27N5O4S2/c1-11-18(31-21(23-11)24-13(3)27)16-9-15-10-26(12(2)14-5-6-14)20(28)17(15)19(25-16)22-7-8-32(4,29)30/h9,12,14H,5-8,10H2,1-4H3,(H,22,25)(H,23,24,27). The van der Waals surface area contributed by atoms with Gasteiger partial charge in [-0.25, -0.2) is 18.4 Å². The number of carbonyl (C=O) groups excluding carboxylic acids is 2. The molecule has 2 aliphatic rings. The first-order chi connectivity index (χ1) is 15.0. The molecule has 0 radical (unpaired) electrons. The van der Waals surface area contributed by atoms with Crippen molar-refractivity contribution in [3.8, 4) is 10.6 Å². The van der Waals surface area contributed by atoms with Gasteiger partial charge in [0.25, 0.3) is 5.91 Å². The Morgan fingerprint density at radius 2 is 2.06 bits per heavy atom. The summed E-state index contributed by atoms with van der Waals surface area (Å²) in [6.07, 6.45) is 3.45. The van der Waals surface area contributed by atoms with E-state index in [0.29, 0.717) is 34.7 Å². The van der Waals surface area contributed by atoms with Gasteiger partial charge < -0.3 is 15.5 Å². The number of rotatable bonds is 8. The van der Waals surface area contributed by atoms with Crippen LogP contribution in [0.5, 0.6) is 0 Å². The molecule has 0 spiro atoms. The lowest BCUT2D eigenvalue weighted by atomic mass is 10.1. The van der Waals surface area contributed by atoms with Crippen molar-refractivity contribution in [1.82, 2.24) is 14.9 Å². The van der Waals surface area contributed by atoms with Gasteiger partial charge in [-0.05, 0) is 44.2 Å². The molecule has 2 N–H and O–H groups in total. The normalized spacial score (nSPS) is 16.8. The van der Waals surface area contributed by atoms with E-state index in [9.17, 15) is 18.0 Å². The van der Waals surface area contributed by atoms with E-state index >= 15 is 0 Å². The Morgan fingerprint density at radius 3 is 2.69 bits per heavy atom. The second-order valence-corrected chi connectivity index (χ2v) is 11.8. The number of carbonyl (C=O) groups is 2. The summed E-state index contributed by atoms with van der Waals surface area (Å²) in [6.45, 7) is 6.01. The number of pyridine rings is 1. The van der Waals surface area contributed by atoms with Crippen LogP contribution in [0.4, 0.5) is 10.9 Å². The molecule has 0 aromatic carbocycles. The summed E-state index contributed by atoms with van der Waals surface area (Å²) in [5, 5.41) is 6.26. The van der Waals surface area contributed by atoms with Crippen LogP contribution in [0.2, 0.25) is 0 Å². The zero-order valence-electron chi connectivity index (χ0n) is 18.6. The Balaban J connectivity index is 1.71. The van der Waals surface area contributed by atoms with Crippen LogP contribution in [0.3, 0.4) is 0 Å². The van der Waals surface area contributed by atoms with E-state index in [1.54, 1.807) is 0 Å². The van der Waals surface area contributed by atoms with Crippen LogP contribution in [0.1, 0.15) is 48.3 Å². The fraction of sp³-hybridized carbons (Fsp3) is 0.524. The van der Waals surface area contributed by atoms with Crippen molar-refractivity contribution >= 4 is 43.9 Å². The highest BCUT2D eigenvalue weighted by Crippen LogP contribution is 2.41. The SMILES string of the molecule is CC(=O)Nc1nc(C)c(-c2cc3c(c(NCCS(C)(=O)=O)n2)C(=O)N(C(C)C2CC2)C3)s1. The maximum Gasteiger partial charge on any atom is 0.258 e. The number of nitrogens with one attached hydrogen (secondary N) is 2. The van der Waals surface area contributed by atoms with Gasteiger partial charge in [0.05, 0.1) is 27.6 Å². The van der Waals surface area contributed by atoms with Gasteiger partial charge in [-0.3, -0.25) is 9.59 Å². The molecule has 2 aromatic heterocycles. The van der Waals surface area contributed by atoms with Gasteiger partial charge in [-0.1, -0.05) is 11.3 Å². The van der Waals surface area contributed by atoms with E-state index in [4.69, 9.17) is 4.98 Å². The van der Waals surface area contributed by atoms with Gasteiger partial charge in [0.1, 0.15) is 15.7 Å². The van der Waals surface area contributed by atoms with Crippen LogP contribution in [0.15, 0.2) is 6.07 Å². The Kier molecular flexibility index (Phi) is 5.97. The van der Waals surface area contributed by atoms with Crippen LogP contribution in [-0.4, -0.2) is 59.7 Å². The van der Waals surface area contributed by atoms with Crippen LogP contribution in [-0.2, 0) is 21.2 Å². The number of hydrogen-bond donors (Lipinski definition) is 2. The Hall–Kier alpha value is -2.53. The summed E-state index contributed by atoms with van der Waals surface area (Å²) in [5.74, 6) is 0.596. The average Bonchev–Trinajstić information content (AvgIpc) is 3.39. The molecule has 9 nitrogen and oxygen atoms in total. The molecule has 1 aliphatic carbocycles. The van der Waals surface area contributed by atoms with Gasteiger partial charge in [-0.2, -0.15) is 0 Å². The van der Waals surface area contributed by atoms with Crippen LogP contribution in [0, 0.1) is 12.8 Å². The Bertz CT molecular complexity index is 1190. The summed E-state index contributed by atoms with van der Waals surface area (Å²) in [5.41, 5.74) is 2.74. The van der Waals surface area contributed by atoms with E-state index in [2.05, 4.69) is 22.5 Å². The number of nitrogens with zero attached hydrogens (tertiary/aromatic N) is 3. The first-order valence-electron chi connectivity index (χ1n) is 10.6. The summed E-state index contributed by atoms with van der Waals surface area (Å²) < 4.78 is 23.2. The minimum atomic E-state index is -3.16. The molecule has 1 atom stereocenters. The number of sulfone groups is 1. The van der Waals surface area contributed by atoms with Crippen molar-refractivity contribution < 1.29 is 18.0 Å². The van der Waals surface area contributed by atoms with Crippen molar-refractivity contribution in [3.05, 3.63) is 22.9 Å². The number of hydrogen-bond acceptors (Lipinski definition) is 8. The topological polar surface area (TPSA) is 121 Å². The maximum atomic E-state index is 13.3. The molecule has 1 fully saturated rings. The average molecular weight is 478 g/mol. The van der Waals surface area contributed by atoms with Crippen molar-refractivity contribution in [3.63, 3.8) is 0 Å². The third kappa shape index (κ3) is 4.78. The highest BCUT2D eigenvalue weighted by molar-refractivity contribution is 7.90. The first kappa shape index (κ1) is 22.7. The molecule has 2 aromatic rings. The number of aromatic nitrogens is 2. The molecule has 1 aliphatic heterocycles. The molecule has 3 heterocycles. The van der Waals surface area contributed by atoms with Crippen molar-refractivity contribution in [1.29, 1.82) is 0 Å². The molecule has 1 unspecified atom stereocenters. The maximum absolute atomic E-state index is 13.3. The molecule has 1 saturated carbocycles. The number of fused-ring (bicyclic) bond motifs is 1. The van der Waals surface area contributed by atoms with Gasteiger partial charge in [0, 0.05) is 32.3 Å². The molecular formula is C21H27N5O4S2. The molecule has 172 valence electrons. The highest BCUT2D eigenvalue weighted by atomic mass is 32.2. The second-order valence-electron chi connectivity index (χ2n) is 8.57. The Morgan fingerprint density at radius 1 is 1.34 bits per heavy atom. The molecule has 0 bridgehead atoms. The molecule has 32 heavy (non-hydrogen) atoms. The second kappa shape index (κ2) is 8.43. The van der Waals surface area contributed by atoms with Gasteiger partial charge in [0.2, 0.25) is 5.91 Å². The van der Waals surface area contributed by atoms with Gasteiger partial charge in [-0.15, -0.1) is 0 Å². The zero-order valence-corrected chi connectivity index (χ0v) is 20.2. The van der Waals surface area contributed by atoms with E-state index < -0.39 is 9.84 Å². The summed E-state index contributed by atoms with van der Waals surface area (Å²) >= 11 is 1.32. The number of aryl methyl sites for hydroxylation is 1. The molecular weight excluding hydrogens is 450 g/mol. The van der Waals surface area contributed by atoms with Gasteiger partial charge >= 0.3 is 0 Å². The largest absolute Gasteiger partial charge is 0.368 e. The van der Waals surface area contributed by atoms with Crippen LogP contribution in [0.25, 0.3) is 10.6 Å². The van der Waals surface area contributed by atoms with Crippen LogP contribution >= 0.6 is 11.3 Å². The smallest absolute Gasteiger partial charge is 0.258 e. The highest BCUT2D eigenvalue weighted by Gasteiger charge is 2.40. The number of thiazole rings is 1. The fourth-order valence-electron chi connectivity index (χ4n) is 3.96. The predicted octanol–water partition coefficient (Wildman–Crippen LogP) is 2.68. The van der Waals surface area contributed by atoms with Crippen molar-refractivity contribution in [2.75, 3.05) is 29.2 Å². The first-order valence-corrected chi connectivity index (χ1v) is 13.4. The number of amides is 2. The third-order valence-corrected chi connectivity index (χ3v) is 7.83. The lowest BCUT2D eigenvalue weighted by molar-refractivity contribution is -0.114. The van der Waals surface area contributed by atoms with Crippen molar-refractivity contribution in [2.24, 2.45) is 5.92 Å². The summed E-state index contributed by atoms with van der Waals surface area (Å²) in [6, 6.07) is 2.06. The lowest BCUT2D eigenvalue weighted by Gasteiger charge is -2.24.